The van der Waals surface area contributed by atoms with Crippen LogP contribution in [0.25, 0.3) is 0 Å². The normalized spacial score (nSPS) is 29.5. The molecular formula is C35H46N2O4. The van der Waals surface area contributed by atoms with Gasteiger partial charge in [-0.15, -0.1) is 0 Å². The monoisotopic (exact) mass is 558 g/mol. The standard InChI is InChI=1S/C35H46N2O4/c1-3-37(31(39)13-9-5-8-12-23-10-6-4-7-11-23)27-17-16-26-28-20-25-29(38)21-30(40-2)33-32(25)35(26,34(27)41-33)18-19-36(28)22-24-14-15-24/h4,6-7,10-11,21,24,26-28,34,38H,3,5,8-9,12-20,22H2,1-2H3/t26-,27-,28+,34-,35-/m0/s1. The minimum absolute atomic E-state index is 0.0499. The van der Waals surface area contributed by atoms with E-state index in [4.69, 9.17) is 9.47 Å². The third-order valence-corrected chi connectivity index (χ3v) is 11.2. The van der Waals surface area contributed by atoms with Gasteiger partial charge in [-0.2, -0.15) is 0 Å². The van der Waals surface area contributed by atoms with Crippen molar-refractivity contribution in [3.8, 4) is 17.2 Å². The number of phenolic OH excluding ortho intramolecular Hbond substituents is 1. The van der Waals surface area contributed by atoms with Gasteiger partial charge in [-0.1, -0.05) is 36.8 Å². The highest BCUT2D eigenvalue weighted by molar-refractivity contribution is 5.77. The Hall–Kier alpha value is -2.73. The van der Waals surface area contributed by atoms with Crippen molar-refractivity contribution in [2.24, 2.45) is 11.8 Å². The summed E-state index contributed by atoms with van der Waals surface area (Å²) in [6, 6.07) is 12.9. The number of rotatable bonds is 11. The fourth-order valence-corrected chi connectivity index (χ4v) is 9.15. The minimum Gasteiger partial charge on any atom is -0.508 e. The van der Waals surface area contributed by atoms with Crippen molar-refractivity contribution in [2.45, 2.75) is 101 Å². The molecule has 220 valence electrons. The molecule has 6 nitrogen and oxygen atoms in total. The first kappa shape index (κ1) is 27.1. The zero-order valence-electron chi connectivity index (χ0n) is 24.8. The lowest BCUT2D eigenvalue weighted by Gasteiger charge is -2.60. The smallest absolute Gasteiger partial charge is 0.222 e. The van der Waals surface area contributed by atoms with Crippen molar-refractivity contribution in [1.82, 2.24) is 9.80 Å². The average Bonchev–Trinajstić information content (AvgIpc) is 3.74. The molecule has 3 fully saturated rings. The van der Waals surface area contributed by atoms with E-state index in [1.165, 1.54) is 30.5 Å². The summed E-state index contributed by atoms with van der Waals surface area (Å²) in [5.74, 6) is 3.42. The van der Waals surface area contributed by atoms with Crippen LogP contribution in [0.5, 0.6) is 17.2 Å². The van der Waals surface area contributed by atoms with E-state index in [0.29, 0.717) is 36.4 Å². The molecule has 0 radical (unpaired) electrons. The Morgan fingerprint density at radius 1 is 1.15 bits per heavy atom. The quantitative estimate of drug-likeness (QED) is 0.350. The lowest BCUT2D eigenvalue weighted by Crippen LogP contribution is -2.69. The van der Waals surface area contributed by atoms with E-state index in [2.05, 4.69) is 47.1 Å². The maximum Gasteiger partial charge on any atom is 0.222 e. The highest BCUT2D eigenvalue weighted by Crippen LogP contribution is 2.65. The first-order valence-corrected chi connectivity index (χ1v) is 16.2. The SMILES string of the molecule is CCN(C(=O)CCCCCc1ccccc1)[C@H]1CC[C@H]2[C@H]3Cc4c(O)cc(OC)c5c4[C@@]2(CCN3CC2CC2)[C@H]1O5. The van der Waals surface area contributed by atoms with Gasteiger partial charge in [0.2, 0.25) is 5.91 Å². The Bertz CT molecular complexity index is 1280. The van der Waals surface area contributed by atoms with E-state index in [1.807, 2.05) is 0 Å². The molecular weight excluding hydrogens is 512 g/mol. The summed E-state index contributed by atoms with van der Waals surface area (Å²) in [5.41, 5.74) is 3.49. The molecule has 2 bridgehead atoms. The third-order valence-electron chi connectivity index (χ3n) is 11.2. The molecule has 41 heavy (non-hydrogen) atoms. The fourth-order valence-electron chi connectivity index (χ4n) is 9.15. The predicted octanol–water partition coefficient (Wildman–Crippen LogP) is 5.87. The number of unbranched alkanes of at least 4 members (excludes halogenated alkanes) is 2. The molecule has 2 saturated carbocycles. The van der Waals surface area contributed by atoms with Gasteiger partial charge >= 0.3 is 0 Å². The number of benzene rings is 2. The van der Waals surface area contributed by atoms with Crippen molar-refractivity contribution in [3.05, 3.63) is 53.1 Å². The molecule has 1 N–H and O–H groups in total. The Labute approximate surface area is 245 Å². The van der Waals surface area contributed by atoms with Crippen molar-refractivity contribution >= 4 is 5.91 Å². The van der Waals surface area contributed by atoms with Crippen LogP contribution in [0.3, 0.4) is 0 Å². The number of hydrogen-bond acceptors (Lipinski definition) is 5. The molecule has 0 unspecified atom stereocenters. The molecule has 1 saturated heterocycles. The summed E-state index contributed by atoms with van der Waals surface area (Å²) in [6.07, 6.45) is 11.4. The number of ether oxygens (including phenoxy) is 2. The number of carbonyl (C=O) groups excluding carboxylic acids is 1. The lowest BCUT2D eigenvalue weighted by atomic mass is 9.50. The van der Waals surface area contributed by atoms with E-state index >= 15 is 0 Å². The summed E-state index contributed by atoms with van der Waals surface area (Å²) in [5, 5.41) is 11.2. The Morgan fingerprint density at radius 2 is 1.98 bits per heavy atom. The second-order valence-corrected chi connectivity index (χ2v) is 13.3. The van der Waals surface area contributed by atoms with Crippen LogP contribution >= 0.6 is 0 Å². The maximum absolute atomic E-state index is 13.8. The number of carbonyl (C=O) groups is 1. The Morgan fingerprint density at radius 3 is 2.73 bits per heavy atom. The van der Waals surface area contributed by atoms with Crippen molar-refractivity contribution in [2.75, 3.05) is 26.7 Å². The van der Waals surface area contributed by atoms with Gasteiger partial charge in [0, 0.05) is 48.2 Å². The summed E-state index contributed by atoms with van der Waals surface area (Å²) in [6.45, 7) is 5.09. The molecule has 5 atom stereocenters. The molecule has 2 aliphatic heterocycles. The number of nitrogens with zero attached hydrogens (tertiary/aromatic N) is 2. The minimum atomic E-state index is -0.161. The van der Waals surface area contributed by atoms with Crippen LogP contribution in [0.15, 0.2) is 36.4 Å². The average molecular weight is 559 g/mol. The van der Waals surface area contributed by atoms with Crippen LogP contribution in [-0.4, -0.2) is 65.7 Å². The summed E-state index contributed by atoms with van der Waals surface area (Å²) in [4.78, 5) is 18.6. The molecule has 1 spiro atoms. The zero-order chi connectivity index (χ0) is 28.1. The number of phenols is 1. The van der Waals surface area contributed by atoms with Gasteiger partial charge in [0.1, 0.15) is 11.9 Å². The Kier molecular flexibility index (Phi) is 7.17. The molecule has 3 aliphatic carbocycles. The van der Waals surface area contributed by atoms with E-state index < -0.39 is 0 Å². The Balaban J connectivity index is 1.12. The number of likely N-dealkylation sites (tertiary alicyclic amines) is 1. The number of aryl methyl sites for hydroxylation is 1. The molecule has 2 heterocycles. The largest absolute Gasteiger partial charge is 0.508 e. The molecule has 7 rings (SSSR count). The lowest BCUT2D eigenvalue weighted by molar-refractivity contribution is -0.142. The van der Waals surface area contributed by atoms with E-state index in [-0.39, 0.29) is 23.5 Å². The van der Waals surface area contributed by atoms with Gasteiger partial charge in [-0.3, -0.25) is 9.69 Å². The number of piperidine rings is 1. The van der Waals surface area contributed by atoms with Gasteiger partial charge < -0.3 is 19.5 Å². The highest BCUT2D eigenvalue weighted by atomic mass is 16.5. The van der Waals surface area contributed by atoms with E-state index in [9.17, 15) is 9.90 Å². The first-order chi connectivity index (χ1) is 20.0. The van der Waals surface area contributed by atoms with Crippen LogP contribution in [0.2, 0.25) is 0 Å². The van der Waals surface area contributed by atoms with Gasteiger partial charge in [-0.25, -0.2) is 0 Å². The number of methoxy groups -OCH3 is 1. The number of amides is 1. The second-order valence-electron chi connectivity index (χ2n) is 13.3. The number of aromatic hydroxyl groups is 1. The van der Waals surface area contributed by atoms with Crippen LogP contribution in [0, 0.1) is 11.8 Å². The summed E-state index contributed by atoms with van der Waals surface area (Å²) >= 11 is 0. The number of hydrogen-bond donors (Lipinski definition) is 1. The van der Waals surface area contributed by atoms with Gasteiger partial charge in [0.05, 0.1) is 13.2 Å². The predicted molar refractivity (Wildman–Crippen MR) is 160 cm³/mol. The third kappa shape index (κ3) is 4.52. The molecule has 2 aromatic rings. The topological polar surface area (TPSA) is 62.2 Å². The van der Waals surface area contributed by atoms with Gasteiger partial charge in [0.25, 0.3) is 0 Å². The molecule has 0 aromatic heterocycles. The van der Waals surface area contributed by atoms with E-state index in [1.54, 1.807) is 13.2 Å². The summed E-state index contributed by atoms with van der Waals surface area (Å²) < 4.78 is 12.7. The summed E-state index contributed by atoms with van der Waals surface area (Å²) in [7, 11) is 1.67. The highest BCUT2D eigenvalue weighted by Gasteiger charge is 2.67. The maximum atomic E-state index is 13.8. The van der Waals surface area contributed by atoms with Crippen molar-refractivity contribution in [1.29, 1.82) is 0 Å². The van der Waals surface area contributed by atoms with Crippen LogP contribution in [-0.2, 0) is 23.1 Å². The molecule has 6 heteroatoms. The van der Waals surface area contributed by atoms with Gasteiger partial charge in [-0.05, 0) is 88.7 Å². The molecule has 2 aromatic carbocycles. The molecule has 5 aliphatic rings. The molecule has 1 amide bonds. The zero-order valence-corrected chi connectivity index (χ0v) is 24.8. The van der Waals surface area contributed by atoms with Crippen molar-refractivity contribution < 1.29 is 19.4 Å². The van der Waals surface area contributed by atoms with Gasteiger partial charge in [0.15, 0.2) is 11.5 Å². The van der Waals surface area contributed by atoms with E-state index in [0.717, 1.165) is 75.1 Å². The van der Waals surface area contributed by atoms with Crippen LogP contribution in [0.1, 0.15) is 81.4 Å². The number of likely N-dealkylation sites (N-methyl/N-ethyl adjacent to an activating group) is 1. The van der Waals surface area contributed by atoms with Crippen LogP contribution < -0.4 is 9.47 Å². The first-order valence-electron chi connectivity index (χ1n) is 16.2. The van der Waals surface area contributed by atoms with Crippen LogP contribution in [0.4, 0.5) is 0 Å². The van der Waals surface area contributed by atoms with Crippen molar-refractivity contribution in [3.63, 3.8) is 0 Å². The second kappa shape index (κ2) is 10.8. The fraction of sp³-hybridized carbons (Fsp3) is 0.629.